The Morgan fingerprint density at radius 3 is 2.34 bits per heavy atom. The summed E-state index contributed by atoms with van der Waals surface area (Å²) in [5.41, 5.74) is 2.01. The van der Waals surface area contributed by atoms with Gasteiger partial charge in [0, 0.05) is 54.5 Å². The van der Waals surface area contributed by atoms with Gasteiger partial charge in [-0.05, 0) is 74.1 Å². The van der Waals surface area contributed by atoms with Crippen LogP contribution in [0.5, 0.6) is 0 Å². The molecule has 0 N–H and O–H groups in total. The normalized spacial score (nSPS) is 14.4. The predicted octanol–water partition coefficient (Wildman–Crippen LogP) is 7.01. The van der Waals surface area contributed by atoms with Gasteiger partial charge in [0.1, 0.15) is 12.4 Å². The number of amides is 2. The van der Waals surface area contributed by atoms with Crippen molar-refractivity contribution >= 4 is 42.0 Å². The first kappa shape index (κ1) is 37.6. The summed E-state index contributed by atoms with van der Waals surface area (Å²) in [5, 5.41) is 4.65. The molecule has 1 fully saturated rings. The molecule has 1 aliphatic carbocycles. The number of carbonyl (C=O) groups is 2. The molecule has 268 valence electrons. The van der Waals surface area contributed by atoms with E-state index in [1.807, 2.05) is 13.8 Å². The second-order valence-electron chi connectivity index (χ2n) is 11.7. The Labute approximate surface area is 297 Å². The summed E-state index contributed by atoms with van der Waals surface area (Å²) >= 11 is 2.93. The largest absolute Gasteiger partial charge is 0.417 e. The van der Waals surface area contributed by atoms with E-state index in [-0.39, 0.29) is 47.7 Å². The van der Waals surface area contributed by atoms with E-state index in [1.54, 1.807) is 46.6 Å². The van der Waals surface area contributed by atoms with Crippen LogP contribution in [-0.4, -0.2) is 70.3 Å². The standard InChI is InChI=1S/C32H32BrF3N5O6P.C2H6/c1-38(18-47-48(45-2)46-3)29(42)20-6-9-23(10-7-20)40-28-22(14-19-4-5-19)16-37-41(28)27-17-39(13-12-24(27)31(40)44)30(43)21-8-11-26(33)25(15-21)32(34,35)36;1-2/h6-11,15-16,19H,4-5,12-14,17-18H2,1-3H3;1-2H3. The number of alkyl halides is 3. The maximum Gasteiger partial charge on any atom is 0.417 e. The molecule has 6 rings (SSSR count). The molecule has 0 spiro atoms. The van der Waals surface area contributed by atoms with Crippen molar-refractivity contribution in [3.63, 3.8) is 0 Å². The second-order valence-corrected chi connectivity index (χ2v) is 14.0. The highest BCUT2D eigenvalue weighted by Crippen LogP contribution is 2.38. The molecule has 4 aromatic rings. The lowest BCUT2D eigenvalue weighted by Crippen LogP contribution is -2.41. The molecule has 2 aromatic heterocycles. The number of hydrogen-bond acceptors (Lipinski definition) is 7. The molecule has 11 nitrogen and oxygen atoms in total. The summed E-state index contributed by atoms with van der Waals surface area (Å²) in [5.74, 6) is -0.396. The van der Waals surface area contributed by atoms with Crippen LogP contribution in [0.4, 0.5) is 13.2 Å². The third kappa shape index (κ3) is 7.81. The Balaban J connectivity index is 0.00000239. The fourth-order valence-electron chi connectivity index (χ4n) is 5.81. The van der Waals surface area contributed by atoms with Crippen molar-refractivity contribution in [3.05, 3.63) is 97.0 Å². The molecule has 50 heavy (non-hydrogen) atoms. The monoisotopic (exact) mass is 779 g/mol. The molecule has 1 saturated carbocycles. The van der Waals surface area contributed by atoms with Gasteiger partial charge in [-0.2, -0.15) is 18.3 Å². The van der Waals surface area contributed by atoms with E-state index in [0.717, 1.165) is 30.9 Å². The van der Waals surface area contributed by atoms with Gasteiger partial charge in [-0.3, -0.25) is 23.5 Å². The molecule has 2 amide bonds. The Morgan fingerprint density at radius 2 is 1.72 bits per heavy atom. The van der Waals surface area contributed by atoms with E-state index in [9.17, 15) is 27.6 Å². The van der Waals surface area contributed by atoms with Crippen molar-refractivity contribution in [3.8, 4) is 5.69 Å². The van der Waals surface area contributed by atoms with Crippen LogP contribution in [0.15, 0.2) is 57.9 Å². The van der Waals surface area contributed by atoms with Crippen molar-refractivity contribution in [2.45, 2.75) is 52.3 Å². The van der Waals surface area contributed by atoms with Crippen molar-refractivity contribution in [1.82, 2.24) is 24.0 Å². The summed E-state index contributed by atoms with van der Waals surface area (Å²) < 4.78 is 59.4. The number of halogens is 4. The van der Waals surface area contributed by atoms with Gasteiger partial charge in [0.05, 0.1) is 29.7 Å². The van der Waals surface area contributed by atoms with Gasteiger partial charge in [0.2, 0.25) is 0 Å². The van der Waals surface area contributed by atoms with Crippen LogP contribution < -0.4 is 5.56 Å². The van der Waals surface area contributed by atoms with E-state index in [1.165, 1.54) is 36.2 Å². The Bertz CT molecular complexity index is 1930. The topological polar surface area (TPSA) is 108 Å². The molecule has 0 bridgehead atoms. The molecule has 2 aliphatic rings. The average molecular weight is 781 g/mol. The molecular formula is C34H38BrF3N5O6P. The highest BCUT2D eigenvalue weighted by molar-refractivity contribution is 9.10. The van der Waals surface area contributed by atoms with Gasteiger partial charge in [-0.25, -0.2) is 4.52 Å². The molecule has 0 unspecified atom stereocenters. The van der Waals surface area contributed by atoms with E-state index >= 15 is 0 Å². The van der Waals surface area contributed by atoms with Crippen LogP contribution in [0.2, 0.25) is 0 Å². The third-order valence-electron chi connectivity index (χ3n) is 8.45. The third-order valence-corrected chi connectivity index (χ3v) is 10.1. The van der Waals surface area contributed by atoms with E-state index < -0.39 is 26.2 Å². The van der Waals surface area contributed by atoms with Crippen molar-refractivity contribution in [1.29, 1.82) is 0 Å². The molecular weight excluding hydrogens is 742 g/mol. The maximum atomic E-state index is 14.2. The zero-order chi connectivity index (χ0) is 36.3. The Morgan fingerprint density at radius 1 is 1.06 bits per heavy atom. The van der Waals surface area contributed by atoms with Gasteiger partial charge in [-0.1, -0.05) is 29.8 Å². The Hall–Kier alpha value is -3.62. The summed E-state index contributed by atoms with van der Waals surface area (Å²) in [6.07, 6.45) is 0.150. The fraction of sp³-hybridized carbons (Fsp3) is 0.412. The molecule has 0 radical (unpaired) electrons. The molecule has 0 saturated heterocycles. The molecule has 1 aliphatic heterocycles. The first-order chi connectivity index (χ1) is 23.9. The van der Waals surface area contributed by atoms with Crippen LogP contribution in [0, 0.1) is 5.92 Å². The maximum absolute atomic E-state index is 14.2. The lowest BCUT2D eigenvalue weighted by molar-refractivity contribution is -0.138. The first-order valence-corrected chi connectivity index (χ1v) is 18.0. The molecule has 0 atom stereocenters. The van der Waals surface area contributed by atoms with E-state index in [4.69, 9.17) is 13.6 Å². The highest BCUT2D eigenvalue weighted by atomic mass is 79.9. The summed E-state index contributed by atoms with van der Waals surface area (Å²) in [7, 11) is 2.90. The summed E-state index contributed by atoms with van der Waals surface area (Å²) in [6.45, 7) is 4.08. The zero-order valence-electron chi connectivity index (χ0n) is 28.3. The van der Waals surface area contributed by atoms with E-state index in [0.29, 0.717) is 34.1 Å². The van der Waals surface area contributed by atoms with Crippen LogP contribution in [0.25, 0.3) is 11.3 Å². The number of nitrogens with zero attached hydrogens (tertiary/aromatic N) is 5. The summed E-state index contributed by atoms with van der Waals surface area (Å²) in [6, 6.07) is 10.1. The SMILES string of the molecule is CC.COP(OC)OCN(C)C(=O)c1ccc(-n2c(=O)c3c(n4ncc(CC5CC5)c24)CN(C(=O)c2ccc(Br)c(C(F)(F)F)c2)CC3)cc1. The smallest absolute Gasteiger partial charge is 0.332 e. The first-order valence-electron chi connectivity index (χ1n) is 16.1. The van der Waals surface area contributed by atoms with Crippen LogP contribution in [0.1, 0.15) is 69.8 Å². The zero-order valence-corrected chi connectivity index (χ0v) is 30.8. The number of aromatic nitrogens is 3. The highest BCUT2D eigenvalue weighted by Gasteiger charge is 2.35. The minimum atomic E-state index is -4.64. The fourth-order valence-corrected chi connectivity index (χ4v) is 6.91. The summed E-state index contributed by atoms with van der Waals surface area (Å²) in [4.78, 5) is 43.6. The number of rotatable bonds is 10. The second kappa shape index (κ2) is 15.7. The number of hydrogen-bond donors (Lipinski definition) is 0. The number of benzene rings is 2. The quantitative estimate of drug-likeness (QED) is 0.126. The van der Waals surface area contributed by atoms with Crippen molar-refractivity contribution < 1.29 is 36.3 Å². The van der Waals surface area contributed by atoms with Crippen molar-refractivity contribution in [2.24, 2.45) is 5.92 Å². The van der Waals surface area contributed by atoms with Crippen LogP contribution >= 0.6 is 24.5 Å². The lowest BCUT2D eigenvalue weighted by atomic mass is 10.0. The minimum absolute atomic E-state index is 0.00110. The predicted molar refractivity (Wildman–Crippen MR) is 185 cm³/mol. The number of carbonyl (C=O) groups excluding carboxylic acids is 2. The van der Waals surface area contributed by atoms with Gasteiger partial charge in [0.25, 0.3) is 17.4 Å². The van der Waals surface area contributed by atoms with E-state index in [2.05, 4.69) is 21.0 Å². The van der Waals surface area contributed by atoms with Gasteiger partial charge in [-0.15, -0.1) is 0 Å². The van der Waals surface area contributed by atoms with Gasteiger partial charge < -0.3 is 18.8 Å². The lowest BCUT2D eigenvalue weighted by Gasteiger charge is -2.30. The van der Waals surface area contributed by atoms with Crippen LogP contribution in [-0.2, 0) is 39.1 Å². The molecule has 3 heterocycles. The molecule has 16 heteroatoms. The van der Waals surface area contributed by atoms with Crippen LogP contribution in [0.3, 0.4) is 0 Å². The average Bonchev–Trinajstić information content (AvgIpc) is 3.85. The van der Waals surface area contributed by atoms with Crippen molar-refractivity contribution in [2.75, 3.05) is 34.5 Å². The molecule has 2 aromatic carbocycles. The van der Waals surface area contributed by atoms with Gasteiger partial charge >= 0.3 is 14.8 Å². The minimum Gasteiger partial charge on any atom is -0.332 e. The Kier molecular flexibility index (Phi) is 11.8. The van der Waals surface area contributed by atoms with Gasteiger partial charge in [0.15, 0.2) is 0 Å². The number of fused-ring (bicyclic) bond motifs is 3.